The average molecular weight is 269 g/mol. The van der Waals surface area contributed by atoms with Gasteiger partial charge in [-0.05, 0) is 19.1 Å². The fraction of sp³-hybridized carbons (Fsp3) is 0.0667. The first kappa shape index (κ1) is 11.9. The normalized spacial score (nSPS) is 10.6. The predicted molar refractivity (Wildman–Crippen MR) is 75.4 cm³/mol. The Morgan fingerprint density at radius 1 is 1.16 bits per heavy atom. The van der Waals surface area contributed by atoms with E-state index in [-0.39, 0.29) is 0 Å². The molecule has 0 N–H and O–H groups in total. The van der Waals surface area contributed by atoms with Crippen molar-refractivity contribution in [2.24, 2.45) is 0 Å². The van der Waals surface area contributed by atoms with Crippen LogP contribution in [0.4, 0.5) is 0 Å². The van der Waals surface area contributed by atoms with Crippen LogP contribution in [-0.2, 0) is 0 Å². The number of benzene rings is 1. The molecule has 0 aliphatic heterocycles. The highest BCUT2D eigenvalue weighted by Crippen LogP contribution is 2.33. The van der Waals surface area contributed by atoms with Crippen LogP contribution in [0.1, 0.15) is 15.6 Å². The molecule has 0 aliphatic carbocycles. The van der Waals surface area contributed by atoms with Gasteiger partial charge in [-0.25, -0.2) is 4.98 Å². The summed E-state index contributed by atoms with van der Waals surface area (Å²) in [6.45, 7) is 1.98. The van der Waals surface area contributed by atoms with E-state index in [0.717, 1.165) is 21.8 Å². The van der Waals surface area contributed by atoms with Crippen LogP contribution in [0.3, 0.4) is 0 Å². The average Bonchev–Trinajstić information content (AvgIpc) is 3.07. The van der Waals surface area contributed by atoms with Gasteiger partial charge in [-0.3, -0.25) is 4.79 Å². The summed E-state index contributed by atoms with van der Waals surface area (Å²) in [7, 11) is 0. The topological polar surface area (TPSA) is 43.1 Å². The van der Waals surface area contributed by atoms with Crippen molar-refractivity contribution in [2.75, 3.05) is 0 Å². The van der Waals surface area contributed by atoms with Crippen molar-refractivity contribution in [3.63, 3.8) is 0 Å². The minimum atomic E-state index is 0.333. The lowest BCUT2D eigenvalue weighted by Gasteiger charge is -2.04. The predicted octanol–water partition coefficient (Wildman–Crippen LogP) is 4.19. The van der Waals surface area contributed by atoms with Crippen LogP contribution in [0, 0.1) is 6.92 Å². The lowest BCUT2D eigenvalue weighted by Crippen LogP contribution is -1.83. The molecule has 0 fully saturated rings. The van der Waals surface area contributed by atoms with Gasteiger partial charge in [0.05, 0.1) is 10.7 Å². The van der Waals surface area contributed by atoms with Crippen LogP contribution in [0.15, 0.2) is 46.2 Å². The van der Waals surface area contributed by atoms with Crippen molar-refractivity contribution >= 4 is 17.6 Å². The van der Waals surface area contributed by atoms with E-state index in [4.69, 9.17) is 4.42 Å². The quantitative estimate of drug-likeness (QED) is 0.669. The molecule has 3 rings (SSSR count). The molecule has 0 saturated carbocycles. The number of furan rings is 1. The number of carbonyl (C=O) groups excluding carboxylic acids is 1. The summed E-state index contributed by atoms with van der Waals surface area (Å²) in [5, 5.41) is 3.05. The van der Waals surface area contributed by atoms with Crippen molar-refractivity contribution in [1.29, 1.82) is 0 Å². The van der Waals surface area contributed by atoms with Crippen LogP contribution in [0.2, 0.25) is 0 Å². The summed E-state index contributed by atoms with van der Waals surface area (Å²) in [4.78, 5) is 15.2. The van der Waals surface area contributed by atoms with Crippen LogP contribution in [0.5, 0.6) is 0 Å². The second kappa shape index (κ2) is 4.82. The van der Waals surface area contributed by atoms with Crippen LogP contribution in [0.25, 0.3) is 22.6 Å². The molecule has 0 bridgehead atoms. The third kappa shape index (κ3) is 2.22. The summed E-state index contributed by atoms with van der Waals surface area (Å²) in [6, 6.07) is 11.4. The maximum atomic E-state index is 10.7. The monoisotopic (exact) mass is 269 g/mol. The number of nitrogens with zero attached hydrogens (tertiary/aromatic N) is 1. The number of aromatic nitrogens is 1. The maximum absolute atomic E-state index is 10.7. The van der Waals surface area contributed by atoms with E-state index in [2.05, 4.69) is 4.98 Å². The summed E-state index contributed by atoms with van der Waals surface area (Å²) in [5.74, 6) is 1.02. The number of carbonyl (C=O) groups is 1. The highest BCUT2D eigenvalue weighted by atomic mass is 32.1. The fourth-order valence-corrected chi connectivity index (χ4v) is 2.58. The molecule has 0 unspecified atom stereocenters. The second-order valence-electron chi connectivity index (χ2n) is 4.12. The third-order valence-corrected chi connectivity index (χ3v) is 3.60. The molecule has 94 valence electrons. The Hall–Kier alpha value is -2.20. The van der Waals surface area contributed by atoms with Gasteiger partial charge in [0, 0.05) is 16.5 Å². The zero-order valence-electron chi connectivity index (χ0n) is 10.3. The Labute approximate surface area is 114 Å². The van der Waals surface area contributed by atoms with Gasteiger partial charge in [0.2, 0.25) is 0 Å². The summed E-state index contributed by atoms with van der Waals surface area (Å²) >= 11 is 1.61. The van der Waals surface area contributed by atoms with E-state index in [1.807, 2.05) is 42.6 Å². The van der Waals surface area contributed by atoms with E-state index in [9.17, 15) is 4.79 Å². The molecular weight excluding hydrogens is 258 g/mol. The van der Waals surface area contributed by atoms with E-state index in [0.29, 0.717) is 17.8 Å². The number of aldehydes is 1. The summed E-state index contributed by atoms with van der Waals surface area (Å²) in [5.41, 5.74) is 2.89. The Kier molecular flexibility index (Phi) is 3.01. The first-order chi connectivity index (χ1) is 9.28. The Bertz CT molecular complexity index is 727. The summed E-state index contributed by atoms with van der Waals surface area (Å²) < 4.78 is 5.50. The Morgan fingerprint density at radius 2 is 1.95 bits per heavy atom. The molecular formula is C15H11NO2S. The molecule has 4 heteroatoms. The van der Waals surface area contributed by atoms with Crippen LogP contribution in [-0.4, -0.2) is 11.3 Å². The van der Waals surface area contributed by atoms with Gasteiger partial charge >= 0.3 is 0 Å². The first-order valence-corrected chi connectivity index (χ1v) is 6.73. The van der Waals surface area contributed by atoms with E-state index in [1.165, 1.54) is 0 Å². The lowest BCUT2D eigenvalue weighted by atomic mass is 10.0. The van der Waals surface area contributed by atoms with Crippen LogP contribution < -0.4 is 0 Å². The molecule has 0 aliphatic rings. The molecule has 3 aromatic rings. The smallest absolute Gasteiger partial charge is 0.185 e. The number of thiazole rings is 1. The lowest BCUT2D eigenvalue weighted by molar-refractivity contribution is 0.110. The van der Waals surface area contributed by atoms with Gasteiger partial charge in [0.25, 0.3) is 0 Å². The van der Waals surface area contributed by atoms with Crippen molar-refractivity contribution < 1.29 is 9.21 Å². The van der Waals surface area contributed by atoms with Gasteiger partial charge in [0.1, 0.15) is 5.76 Å². The van der Waals surface area contributed by atoms with E-state index >= 15 is 0 Å². The molecule has 0 spiro atoms. The molecule has 0 radical (unpaired) electrons. The zero-order chi connectivity index (χ0) is 13.2. The van der Waals surface area contributed by atoms with E-state index < -0.39 is 0 Å². The zero-order valence-corrected chi connectivity index (χ0v) is 11.1. The van der Waals surface area contributed by atoms with Gasteiger partial charge < -0.3 is 4.42 Å². The minimum absolute atomic E-state index is 0.333. The first-order valence-electron chi connectivity index (χ1n) is 5.85. The van der Waals surface area contributed by atoms with Gasteiger partial charge in [0.15, 0.2) is 12.0 Å². The van der Waals surface area contributed by atoms with Crippen molar-refractivity contribution in [3.8, 4) is 22.6 Å². The van der Waals surface area contributed by atoms with Crippen LogP contribution >= 0.6 is 11.3 Å². The molecule has 0 saturated heterocycles. The Balaban J connectivity index is 2.14. The molecule has 2 aromatic heterocycles. The van der Waals surface area contributed by atoms with Crippen molar-refractivity contribution in [1.82, 2.24) is 4.98 Å². The second-order valence-corrected chi connectivity index (χ2v) is 5.18. The van der Waals surface area contributed by atoms with Gasteiger partial charge in [-0.2, -0.15) is 0 Å². The van der Waals surface area contributed by atoms with Crippen molar-refractivity contribution in [2.45, 2.75) is 6.92 Å². The Morgan fingerprint density at radius 3 is 2.58 bits per heavy atom. The number of hydrogen-bond donors (Lipinski definition) is 0. The maximum Gasteiger partial charge on any atom is 0.185 e. The number of rotatable bonds is 3. The molecule has 19 heavy (non-hydrogen) atoms. The molecule has 0 amide bonds. The highest BCUT2D eigenvalue weighted by Gasteiger charge is 2.12. The SMILES string of the molecule is Cc1nc(-c2ccccc2-c2ccc(C=O)o2)cs1. The van der Waals surface area contributed by atoms with Gasteiger partial charge in [-0.15, -0.1) is 11.3 Å². The molecule has 1 aromatic carbocycles. The largest absolute Gasteiger partial charge is 0.453 e. The molecule has 0 atom stereocenters. The highest BCUT2D eigenvalue weighted by molar-refractivity contribution is 7.09. The van der Waals surface area contributed by atoms with Crippen molar-refractivity contribution in [3.05, 3.63) is 52.5 Å². The molecule has 2 heterocycles. The van der Waals surface area contributed by atoms with Gasteiger partial charge in [-0.1, -0.05) is 24.3 Å². The number of aryl methyl sites for hydroxylation is 1. The van der Waals surface area contributed by atoms with E-state index in [1.54, 1.807) is 17.4 Å². The standard InChI is InChI=1S/C15H11NO2S/c1-10-16-14(9-19-10)12-4-2-3-5-13(12)15-7-6-11(8-17)18-15/h2-9H,1H3. The minimum Gasteiger partial charge on any atom is -0.453 e. The molecule has 3 nitrogen and oxygen atoms in total. The fourth-order valence-electron chi connectivity index (χ4n) is 1.97. The number of hydrogen-bond acceptors (Lipinski definition) is 4. The summed E-state index contributed by atoms with van der Waals surface area (Å²) in [6.07, 6.45) is 0.707. The third-order valence-electron chi connectivity index (χ3n) is 2.83.